The molecule has 1 aliphatic heterocycles. The SMILES string of the molecule is O=C(O)C1CCC(NCn2cc3c(n2)-c2ccc(Cl)cc2C(c2ccccc2F)=NC3)CC1. The second-order valence-electron chi connectivity index (χ2n) is 8.63. The Morgan fingerprint density at radius 1 is 1.12 bits per heavy atom. The monoisotopic (exact) mass is 466 g/mol. The van der Waals surface area contributed by atoms with Gasteiger partial charge in [0.2, 0.25) is 0 Å². The van der Waals surface area contributed by atoms with Gasteiger partial charge in [-0.2, -0.15) is 5.10 Å². The van der Waals surface area contributed by atoms with E-state index in [0.717, 1.165) is 35.2 Å². The highest BCUT2D eigenvalue weighted by Gasteiger charge is 2.26. The molecule has 0 bridgehead atoms. The van der Waals surface area contributed by atoms with E-state index >= 15 is 0 Å². The fourth-order valence-electron chi connectivity index (χ4n) is 4.71. The quantitative estimate of drug-likeness (QED) is 0.561. The molecule has 2 N–H and O–H groups in total. The zero-order chi connectivity index (χ0) is 22.9. The first kappa shape index (κ1) is 21.8. The smallest absolute Gasteiger partial charge is 0.306 e. The molecule has 170 valence electrons. The Labute approximate surface area is 196 Å². The Morgan fingerprint density at radius 3 is 2.67 bits per heavy atom. The standard InChI is InChI=1S/C25H24ClFN4O2/c26-17-7-10-19-21(11-17)24(20-3-1-2-4-22(20)27)28-12-16-13-31(30-23(16)19)14-29-18-8-5-15(6-9-18)25(32)33/h1-4,7,10-11,13,15,18,29H,5-6,8-9,12,14H2,(H,32,33). The van der Waals surface area contributed by atoms with Crippen LogP contribution < -0.4 is 5.32 Å². The molecule has 0 unspecified atom stereocenters. The molecular weight excluding hydrogens is 443 g/mol. The zero-order valence-electron chi connectivity index (χ0n) is 18.0. The van der Waals surface area contributed by atoms with E-state index in [1.807, 2.05) is 29.1 Å². The molecule has 0 amide bonds. The Kier molecular flexibility index (Phi) is 6.00. The van der Waals surface area contributed by atoms with Crippen LogP contribution in [0.25, 0.3) is 11.3 Å². The highest BCUT2D eigenvalue weighted by atomic mass is 35.5. The summed E-state index contributed by atoms with van der Waals surface area (Å²) in [5.74, 6) is -1.25. The number of carbonyl (C=O) groups is 1. The number of rotatable bonds is 5. The van der Waals surface area contributed by atoms with Crippen molar-refractivity contribution in [3.8, 4) is 11.3 Å². The number of aromatic nitrogens is 2. The molecule has 0 atom stereocenters. The molecular formula is C25H24ClFN4O2. The Bertz CT molecular complexity index is 1230. The minimum Gasteiger partial charge on any atom is -0.481 e. The lowest BCUT2D eigenvalue weighted by Gasteiger charge is -2.26. The Morgan fingerprint density at radius 2 is 1.91 bits per heavy atom. The molecule has 8 heteroatoms. The van der Waals surface area contributed by atoms with Gasteiger partial charge in [0.1, 0.15) is 5.82 Å². The average molecular weight is 467 g/mol. The van der Waals surface area contributed by atoms with Crippen LogP contribution in [0.1, 0.15) is 42.4 Å². The van der Waals surface area contributed by atoms with Crippen LogP contribution in [0, 0.1) is 11.7 Å². The van der Waals surface area contributed by atoms with Gasteiger partial charge in [-0.3, -0.25) is 19.8 Å². The summed E-state index contributed by atoms with van der Waals surface area (Å²) in [6.07, 6.45) is 5.05. The average Bonchev–Trinajstić information content (AvgIpc) is 3.16. The Hall–Kier alpha value is -3.03. The van der Waals surface area contributed by atoms with Crippen LogP contribution in [-0.2, 0) is 18.0 Å². The first-order chi connectivity index (χ1) is 16.0. The van der Waals surface area contributed by atoms with E-state index in [0.29, 0.717) is 42.4 Å². The number of fused-ring (bicyclic) bond motifs is 3. The number of benzene rings is 2. The van der Waals surface area contributed by atoms with Crippen LogP contribution in [0.5, 0.6) is 0 Å². The van der Waals surface area contributed by atoms with Gasteiger partial charge in [0.15, 0.2) is 0 Å². The first-order valence-corrected chi connectivity index (χ1v) is 11.5. The minimum absolute atomic E-state index is 0.228. The van der Waals surface area contributed by atoms with Crippen molar-refractivity contribution in [2.45, 2.75) is 44.9 Å². The number of nitrogens with zero attached hydrogens (tertiary/aromatic N) is 3. The van der Waals surface area contributed by atoms with Crippen molar-refractivity contribution in [3.63, 3.8) is 0 Å². The molecule has 6 nitrogen and oxygen atoms in total. The Balaban J connectivity index is 1.40. The van der Waals surface area contributed by atoms with Crippen molar-refractivity contribution in [3.05, 3.63) is 76.2 Å². The molecule has 1 aliphatic carbocycles. The van der Waals surface area contributed by atoms with Crippen molar-refractivity contribution < 1.29 is 14.3 Å². The van der Waals surface area contributed by atoms with Crippen LogP contribution in [-0.4, -0.2) is 32.6 Å². The molecule has 1 saturated carbocycles. The zero-order valence-corrected chi connectivity index (χ0v) is 18.7. The van der Waals surface area contributed by atoms with Crippen LogP contribution in [0.15, 0.2) is 53.7 Å². The molecule has 2 heterocycles. The number of carboxylic acid groups (broad SMARTS) is 1. The fourth-order valence-corrected chi connectivity index (χ4v) is 4.88. The molecule has 33 heavy (non-hydrogen) atoms. The lowest BCUT2D eigenvalue weighted by atomic mass is 9.86. The number of aliphatic carboxylic acids is 1. The minimum atomic E-state index is -0.696. The number of aliphatic imine (C=N–C) groups is 1. The lowest BCUT2D eigenvalue weighted by molar-refractivity contribution is -0.142. The summed E-state index contributed by atoms with van der Waals surface area (Å²) in [6, 6.07) is 12.4. The second kappa shape index (κ2) is 9.08. The third-order valence-electron chi connectivity index (χ3n) is 6.48. The van der Waals surface area contributed by atoms with E-state index < -0.39 is 5.97 Å². The molecule has 2 aromatic carbocycles. The number of hydrogen-bond acceptors (Lipinski definition) is 4. The van der Waals surface area contributed by atoms with Gasteiger partial charge in [-0.1, -0.05) is 29.8 Å². The molecule has 0 spiro atoms. The molecule has 5 rings (SSSR count). The highest BCUT2D eigenvalue weighted by molar-refractivity contribution is 6.31. The van der Waals surface area contributed by atoms with E-state index in [4.69, 9.17) is 21.7 Å². The molecule has 0 saturated heterocycles. The van der Waals surface area contributed by atoms with Gasteiger partial charge in [0.05, 0.1) is 30.5 Å². The predicted octanol–water partition coefficient (Wildman–Crippen LogP) is 4.88. The van der Waals surface area contributed by atoms with Crippen molar-refractivity contribution in [1.29, 1.82) is 0 Å². The van der Waals surface area contributed by atoms with Crippen molar-refractivity contribution in [1.82, 2.24) is 15.1 Å². The van der Waals surface area contributed by atoms with Crippen molar-refractivity contribution >= 4 is 23.3 Å². The third kappa shape index (κ3) is 4.43. The molecule has 3 aromatic rings. The second-order valence-corrected chi connectivity index (χ2v) is 9.06. The molecule has 1 fully saturated rings. The van der Waals surface area contributed by atoms with E-state index in [1.54, 1.807) is 18.2 Å². The molecule has 2 aliphatic rings. The lowest BCUT2D eigenvalue weighted by Crippen LogP contribution is -2.36. The third-order valence-corrected chi connectivity index (χ3v) is 6.72. The maximum absolute atomic E-state index is 14.6. The summed E-state index contributed by atoms with van der Waals surface area (Å²) in [4.78, 5) is 15.9. The largest absolute Gasteiger partial charge is 0.481 e. The molecule has 0 radical (unpaired) electrons. The summed E-state index contributed by atoms with van der Waals surface area (Å²) in [5.41, 5.74) is 4.42. The van der Waals surface area contributed by atoms with Gasteiger partial charge in [0.25, 0.3) is 0 Å². The van der Waals surface area contributed by atoms with E-state index in [1.165, 1.54) is 6.07 Å². The van der Waals surface area contributed by atoms with Crippen LogP contribution in [0.3, 0.4) is 0 Å². The summed E-state index contributed by atoms with van der Waals surface area (Å²) in [5, 5.41) is 18.0. The van der Waals surface area contributed by atoms with Gasteiger partial charge in [-0.15, -0.1) is 0 Å². The number of hydrogen-bond donors (Lipinski definition) is 2. The van der Waals surface area contributed by atoms with Crippen LogP contribution >= 0.6 is 11.6 Å². The number of nitrogens with one attached hydrogen (secondary N) is 1. The van der Waals surface area contributed by atoms with Crippen molar-refractivity contribution in [2.75, 3.05) is 0 Å². The fraction of sp³-hybridized carbons (Fsp3) is 0.320. The van der Waals surface area contributed by atoms with E-state index in [9.17, 15) is 14.3 Å². The summed E-state index contributed by atoms with van der Waals surface area (Å²) in [6.45, 7) is 0.914. The maximum Gasteiger partial charge on any atom is 0.306 e. The number of halogens is 2. The van der Waals surface area contributed by atoms with Crippen LogP contribution in [0.4, 0.5) is 4.39 Å². The topological polar surface area (TPSA) is 79.5 Å². The maximum atomic E-state index is 14.6. The first-order valence-electron chi connectivity index (χ1n) is 11.1. The van der Waals surface area contributed by atoms with E-state index in [-0.39, 0.29) is 17.8 Å². The number of carboxylic acids is 1. The van der Waals surface area contributed by atoms with Gasteiger partial charge in [-0.25, -0.2) is 4.39 Å². The van der Waals surface area contributed by atoms with Gasteiger partial charge >= 0.3 is 5.97 Å². The summed E-state index contributed by atoms with van der Waals surface area (Å²) >= 11 is 6.30. The van der Waals surface area contributed by atoms with Crippen molar-refractivity contribution in [2.24, 2.45) is 10.9 Å². The normalized spacial score (nSPS) is 19.9. The van der Waals surface area contributed by atoms with Gasteiger partial charge in [0, 0.05) is 39.5 Å². The molecule has 1 aromatic heterocycles. The van der Waals surface area contributed by atoms with Gasteiger partial charge in [-0.05, 0) is 49.9 Å². The summed E-state index contributed by atoms with van der Waals surface area (Å²) in [7, 11) is 0. The summed E-state index contributed by atoms with van der Waals surface area (Å²) < 4.78 is 16.4. The van der Waals surface area contributed by atoms with Crippen LogP contribution in [0.2, 0.25) is 5.02 Å². The predicted molar refractivity (Wildman–Crippen MR) is 125 cm³/mol. The van der Waals surface area contributed by atoms with Gasteiger partial charge < -0.3 is 5.11 Å². The van der Waals surface area contributed by atoms with E-state index in [2.05, 4.69) is 5.32 Å². The highest BCUT2D eigenvalue weighted by Crippen LogP contribution is 2.34.